The van der Waals surface area contributed by atoms with Gasteiger partial charge in [0.2, 0.25) is 5.88 Å². The maximum atomic E-state index is 6.07. The van der Waals surface area contributed by atoms with Crippen LogP contribution in [-0.2, 0) is 6.54 Å². The Kier molecular flexibility index (Phi) is 4.40. The van der Waals surface area contributed by atoms with Crippen LogP contribution in [0.15, 0.2) is 36.4 Å². The third-order valence-corrected chi connectivity index (χ3v) is 3.07. The van der Waals surface area contributed by atoms with Gasteiger partial charge in [0.15, 0.2) is 0 Å². The highest BCUT2D eigenvalue weighted by Crippen LogP contribution is 2.29. The standard InChI is InChI=1S/C15H17ClN2O/c1-10(2)13-7-11(9-17)8-15(18-13)19-14-6-4-3-5-12(14)16/h3-8,10H,9,17H2,1-2H3. The number of ether oxygens (including phenoxy) is 1. The summed E-state index contributed by atoms with van der Waals surface area (Å²) in [5, 5.41) is 0.563. The molecule has 0 unspecified atom stereocenters. The summed E-state index contributed by atoms with van der Waals surface area (Å²) in [6.45, 7) is 4.63. The van der Waals surface area contributed by atoms with E-state index in [1.165, 1.54) is 0 Å². The Hall–Kier alpha value is -1.58. The summed E-state index contributed by atoms with van der Waals surface area (Å²) in [4.78, 5) is 4.48. The monoisotopic (exact) mass is 276 g/mol. The van der Waals surface area contributed by atoms with Crippen LogP contribution in [0.25, 0.3) is 0 Å². The number of benzene rings is 1. The fourth-order valence-electron chi connectivity index (χ4n) is 1.69. The molecule has 1 aromatic heterocycles. The van der Waals surface area contributed by atoms with Gasteiger partial charge in [-0.1, -0.05) is 37.6 Å². The summed E-state index contributed by atoms with van der Waals surface area (Å²) < 4.78 is 5.74. The largest absolute Gasteiger partial charge is 0.437 e. The molecule has 0 bridgehead atoms. The topological polar surface area (TPSA) is 48.1 Å². The maximum Gasteiger partial charge on any atom is 0.219 e. The van der Waals surface area contributed by atoms with Gasteiger partial charge in [-0.05, 0) is 29.7 Å². The summed E-state index contributed by atoms with van der Waals surface area (Å²) in [5.74, 6) is 1.44. The van der Waals surface area contributed by atoms with Crippen LogP contribution in [-0.4, -0.2) is 4.98 Å². The molecule has 0 spiro atoms. The van der Waals surface area contributed by atoms with Crippen LogP contribution in [0.5, 0.6) is 11.6 Å². The van der Waals surface area contributed by atoms with Gasteiger partial charge in [-0.15, -0.1) is 0 Å². The van der Waals surface area contributed by atoms with E-state index < -0.39 is 0 Å². The number of nitrogens with zero attached hydrogens (tertiary/aromatic N) is 1. The Morgan fingerprint density at radius 1 is 1.26 bits per heavy atom. The van der Waals surface area contributed by atoms with Gasteiger partial charge in [0.05, 0.1) is 5.02 Å². The Balaban J connectivity index is 2.34. The lowest BCUT2D eigenvalue weighted by Gasteiger charge is -2.11. The van der Waals surface area contributed by atoms with Crippen molar-refractivity contribution in [3.8, 4) is 11.6 Å². The minimum Gasteiger partial charge on any atom is -0.437 e. The van der Waals surface area contributed by atoms with E-state index in [1.54, 1.807) is 6.07 Å². The molecule has 0 saturated heterocycles. The first-order valence-corrected chi connectivity index (χ1v) is 6.61. The molecule has 0 aliphatic heterocycles. The zero-order valence-corrected chi connectivity index (χ0v) is 11.8. The third kappa shape index (κ3) is 3.46. The van der Waals surface area contributed by atoms with Crippen LogP contribution in [0.4, 0.5) is 0 Å². The maximum absolute atomic E-state index is 6.07. The van der Waals surface area contributed by atoms with Crippen molar-refractivity contribution >= 4 is 11.6 Å². The summed E-state index contributed by atoms with van der Waals surface area (Å²) in [6, 6.07) is 11.2. The molecule has 1 aromatic carbocycles. The van der Waals surface area contributed by atoms with Crippen molar-refractivity contribution in [1.82, 2.24) is 4.98 Å². The highest BCUT2D eigenvalue weighted by atomic mass is 35.5. The SMILES string of the molecule is CC(C)c1cc(CN)cc(Oc2ccccc2Cl)n1. The first kappa shape index (κ1) is 13.8. The van der Waals surface area contributed by atoms with Crippen LogP contribution >= 0.6 is 11.6 Å². The summed E-state index contributed by atoms with van der Waals surface area (Å²) in [5.41, 5.74) is 7.67. The molecule has 0 aliphatic rings. The molecule has 4 heteroatoms. The predicted molar refractivity (Wildman–Crippen MR) is 77.7 cm³/mol. The predicted octanol–water partition coefficient (Wildman–Crippen LogP) is 4.11. The molecule has 1 heterocycles. The van der Waals surface area contributed by atoms with E-state index >= 15 is 0 Å². The van der Waals surface area contributed by atoms with Crippen molar-refractivity contribution < 1.29 is 4.74 Å². The zero-order valence-electron chi connectivity index (χ0n) is 11.1. The number of hydrogen-bond donors (Lipinski definition) is 1. The van der Waals surface area contributed by atoms with E-state index in [1.807, 2.05) is 30.3 Å². The van der Waals surface area contributed by atoms with E-state index in [2.05, 4.69) is 18.8 Å². The second kappa shape index (κ2) is 6.04. The van der Waals surface area contributed by atoms with Crippen LogP contribution in [0, 0.1) is 0 Å². The van der Waals surface area contributed by atoms with Crippen molar-refractivity contribution in [2.45, 2.75) is 26.3 Å². The molecule has 19 heavy (non-hydrogen) atoms. The van der Waals surface area contributed by atoms with Gasteiger partial charge in [-0.2, -0.15) is 0 Å². The normalized spacial score (nSPS) is 10.8. The number of hydrogen-bond acceptors (Lipinski definition) is 3. The average Bonchev–Trinajstić information content (AvgIpc) is 2.41. The van der Waals surface area contributed by atoms with Crippen LogP contribution in [0.3, 0.4) is 0 Å². The van der Waals surface area contributed by atoms with Gasteiger partial charge in [0, 0.05) is 18.3 Å². The number of nitrogens with two attached hydrogens (primary N) is 1. The molecular formula is C15H17ClN2O. The summed E-state index contributed by atoms with van der Waals surface area (Å²) in [7, 11) is 0. The smallest absolute Gasteiger partial charge is 0.219 e. The first-order valence-electron chi connectivity index (χ1n) is 6.23. The van der Waals surface area contributed by atoms with Gasteiger partial charge in [0.25, 0.3) is 0 Å². The Bertz CT molecular complexity index is 570. The van der Waals surface area contributed by atoms with Crippen molar-refractivity contribution in [3.63, 3.8) is 0 Å². The molecule has 0 aliphatic carbocycles. The highest BCUT2D eigenvalue weighted by Gasteiger charge is 2.08. The molecule has 3 nitrogen and oxygen atoms in total. The molecule has 0 atom stereocenters. The van der Waals surface area contributed by atoms with Crippen molar-refractivity contribution in [2.75, 3.05) is 0 Å². The van der Waals surface area contributed by atoms with Gasteiger partial charge in [0.1, 0.15) is 5.75 Å². The van der Waals surface area contributed by atoms with Gasteiger partial charge in [-0.3, -0.25) is 0 Å². The van der Waals surface area contributed by atoms with Crippen molar-refractivity contribution in [3.05, 3.63) is 52.7 Å². The summed E-state index contributed by atoms with van der Waals surface area (Å²) >= 11 is 6.07. The van der Waals surface area contributed by atoms with E-state index in [0.717, 1.165) is 11.3 Å². The number of rotatable bonds is 4. The average molecular weight is 277 g/mol. The van der Waals surface area contributed by atoms with E-state index in [-0.39, 0.29) is 0 Å². The minimum absolute atomic E-state index is 0.320. The number of para-hydroxylation sites is 1. The molecule has 0 radical (unpaired) electrons. The molecule has 2 N–H and O–H groups in total. The number of pyridine rings is 1. The van der Waals surface area contributed by atoms with E-state index in [0.29, 0.717) is 29.1 Å². The molecule has 0 saturated carbocycles. The fourth-order valence-corrected chi connectivity index (χ4v) is 1.86. The Morgan fingerprint density at radius 3 is 2.63 bits per heavy atom. The molecule has 0 amide bonds. The number of halogens is 1. The fraction of sp³-hybridized carbons (Fsp3) is 0.267. The molecule has 2 aromatic rings. The second-order valence-electron chi connectivity index (χ2n) is 4.63. The quantitative estimate of drug-likeness (QED) is 0.914. The van der Waals surface area contributed by atoms with Gasteiger partial charge in [-0.25, -0.2) is 4.98 Å². The minimum atomic E-state index is 0.320. The molecule has 100 valence electrons. The van der Waals surface area contributed by atoms with Crippen LogP contribution in [0.1, 0.15) is 31.0 Å². The highest BCUT2D eigenvalue weighted by molar-refractivity contribution is 6.32. The zero-order chi connectivity index (χ0) is 13.8. The van der Waals surface area contributed by atoms with Crippen LogP contribution in [0.2, 0.25) is 5.02 Å². The lowest BCUT2D eigenvalue weighted by Crippen LogP contribution is -2.02. The summed E-state index contributed by atoms with van der Waals surface area (Å²) in [6.07, 6.45) is 0. The molecule has 0 fully saturated rings. The Labute approximate surface area is 118 Å². The molecule has 2 rings (SSSR count). The van der Waals surface area contributed by atoms with Crippen LogP contribution < -0.4 is 10.5 Å². The molecular weight excluding hydrogens is 260 g/mol. The van der Waals surface area contributed by atoms with Crippen molar-refractivity contribution in [2.24, 2.45) is 5.73 Å². The van der Waals surface area contributed by atoms with Gasteiger partial charge >= 0.3 is 0 Å². The van der Waals surface area contributed by atoms with Gasteiger partial charge < -0.3 is 10.5 Å². The lowest BCUT2D eigenvalue weighted by molar-refractivity contribution is 0.459. The second-order valence-corrected chi connectivity index (χ2v) is 5.04. The lowest BCUT2D eigenvalue weighted by atomic mass is 10.1. The van der Waals surface area contributed by atoms with Crippen molar-refractivity contribution in [1.29, 1.82) is 0 Å². The van der Waals surface area contributed by atoms with E-state index in [4.69, 9.17) is 22.1 Å². The third-order valence-electron chi connectivity index (χ3n) is 2.76. The number of aromatic nitrogens is 1. The Morgan fingerprint density at radius 2 is 2.00 bits per heavy atom. The first-order chi connectivity index (χ1) is 9.10. The van der Waals surface area contributed by atoms with E-state index in [9.17, 15) is 0 Å².